The van der Waals surface area contributed by atoms with Crippen molar-refractivity contribution in [2.45, 2.75) is 53.6 Å². The van der Waals surface area contributed by atoms with Crippen molar-refractivity contribution in [2.24, 2.45) is 0 Å². The van der Waals surface area contributed by atoms with E-state index < -0.39 is 0 Å². The Balaban J connectivity index is 3.00. The van der Waals surface area contributed by atoms with Gasteiger partial charge >= 0.3 is 0 Å². The first-order valence-corrected chi connectivity index (χ1v) is 6.89. The SMILES string of the molecule is C=CCN1C=C(C)B(N(C(C)C)C(C)C)C(C)=C1. The van der Waals surface area contributed by atoms with Gasteiger partial charge in [0.2, 0.25) is 0 Å². The van der Waals surface area contributed by atoms with Crippen LogP contribution < -0.4 is 0 Å². The number of rotatable bonds is 5. The normalized spacial score (nSPS) is 16.5. The number of hydrogen-bond acceptors (Lipinski definition) is 2. The zero-order valence-electron chi connectivity index (χ0n) is 12.8. The van der Waals surface area contributed by atoms with E-state index in [4.69, 9.17) is 0 Å². The molecule has 0 aliphatic carbocycles. The summed E-state index contributed by atoms with van der Waals surface area (Å²) in [6.07, 6.45) is 6.44. The highest BCUT2D eigenvalue weighted by Crippen LogP contribution is 2.24. The molecular weight excluding hydrogens is 219 g/mol. The Morgan fingerprint density at radius 2 is 1.61 bits per heavy atom. The molecule has 0 saturated heterocycles. The van der Waals surface area contributed by atoms with E-state index in [2.05, 4.69) is 70.2 Å². The summed E-state index contributed by atoms with van der Waals surface area (Å²) in [6.45, 7) is 18.7. The summed E-state index contributed by atoms with van der Waals surface area (Å²) >= 11 is 0. The largest absolute Gasteiger partial charge is 0.352 e. The van der Waals surface area contributed by atoms with Crippen LogP contribution in [0.2, 0.25) is 0 Å². The van der Waals surface area contributed by atoms with E-state index in [9.17, 15) is 0 Å². The quantitative estimate of drug-likeness (QED) is 0.541. The molecule has 0 atom stereocenters. The van der Waals surface area contributed by atoms with Gasteiger partial charge in [-0.1, -0.05) is 44.7 Å². The minimum atomic E-state index is 0.436. The highest BCUT2D eigenvalue weighted by molar-refractivity contribution is 6.71. The molecule has 0 fully saturated rings. The Bertz CT molecular complexity index is 328. The third-order valence-corrected chi connectivity index (χ3v) is 3.43. The lowest BCUT2D eigenvalue weighted by atomic mass is 9.47. The molecule has 3 heteroatoms. The first-order chi connectivity index (χ1) is 8.38. The molecular formula is C15H27BN2. The van der Waals surface area contributed by atoms with Crippen LogP contribution >= 0.6 is 0 Å². The Kier molecular flexibility index (Phi) is 5.27. The van der Waals surface area contributed by atoms with Crippen molar-refractivity contribution in [2.75, 3.05) is 6.54 Å². The number of hydrogen-bond donors (Lipinski definition) is 0. The maximum atomic E-state index is 3.80. The molecule has 0 bridgehead atoms. The maximum absolute atomic E-state index is 3.80. The van der Waals surface area contributed by atoms with Crippen molar-refractivity contribution in [1.82, 2.24) is 9.71 Å². The van der Waals surface area contributed by atoms with Crippen LogP contribution in [-0.4, -0.2) is 35.2 Å². The molecule has 100 valence electrons. The van der Waals surface area contributed by atoms with Crippen molar-refractivity contribution < 1.29 is 0 Å². The molecule has 0 radical (unpaired) electrons. The molecule has 2 nitrogen and oxygen atoms in total. The third kappa shape index (κ3) is 3.29. The summed E-state index contributed by atoms with van der Waals surface area (Å²) in [6, 6.07) is 1.10. The van der Waals surface area contributed by atoms with E-state index >= 15 is 0 Å². The molecule has 1 aliphatic heterocycles. The summed E-state index contributed by atoms with van der Waals surface area (Å²) in [4.78, 5) is 4.79. The summed E-state index contributed by atoms with van der Waals surface area (Å²) in [5.74, 6) is 0. The average Bonchev–Trinajstić information content (AvgIpc) is 2.22. The van der Waals surface area contributed by atoms with Crippen LogP contribution in [0.25, 0.3) is 0 Å². The Morgan fingerprint density at radius 3 is 1.94 bits per heavy atom. The van der Waals surface area contributed by atoms with E-state index in [0.29, 0.717) is 18.9 Å². The number of allylic oxidation sites excluding steroid dienone is 2. The predicted octanol–water partition coefficient (Wildman–Crippen LogP) is 3.48. The predicted molar refractivity (Wildman–Crippen MR) is 82.3 cm³/mol. The molecule has 1 aliphatic rings. The summed E-state index contributed by atoms with van der Waals surface area (Å²) in [7, 11) is 0. The van der Waals surface area contributed by atoms with Crippen molar-refractivity contribution in [3.63, 3.8) is 0 Å². The van der Waals surface area contributed by atoms with E-state index in [1.165, 1.54) is 10.9 Å². The van der Waals surface area contributed by atoms with Crippen molar-refractivity contribution >= 4 is 6.85 Å². The molecule has 18 heavy (non-hydrogen) atoms. The zero-order chi connectivity index (χ0) is 13.9. The van der Waals surface area contributed by atoms with Gasteiger partial charge in [0, 0.05) is 6.54 Å². The van der Waals surface area contributed by atoms with Crippen molar-refractivity contribution in [3.05, 3.63) is 36.0 Å². The molecule has 0 N–H and O–H groups in total. The second kappa shape index (κ2) is 6.28. The molecule has 0 aromatic carbocycles. The van der Waals surface area contributed by atoms with Gasteiger partial charge in [-0.25, -0.2) is 0 Å². The molecule has 0 saturated carbocycles. The van der Waals surface area contributed by atoms with Crippen LogP contribution in [0.3, 0.4) is 0 Å². The fourth-order valence-corrected chi connectivity index (χ4v) is 2.98. The second-order valence-corrected chi connectivity index (χ2v) is 5.77. The lowest BCUT2D eigenvalue weighted by Gasteiger charge is -2.40. The van der Waals surface area contributed by atoms with E-state index in [1.807, 2.05) is 6.08 Å². The standard InChI is InChI=1S/C15H27BN2/c1-8-9-17-10-14(6)16(15(7)11-17)18(12(2)3)13(4)5/h8,10-13H,1,9H2,2-7H3. The first-order valence-electron chi connectivity index (χ1n) is 6.89. The van der Waals surface area contributed by atoms with Gasteiger partial charge in [0.1, 0.15) is 0 Å². The Morgan fingerprint density at radius 1 is 1.17 bits per heavy atom. The molecule has 0 spiro atoms. The van der Waals surface area contributed by atoms with Gasteiger partial charge in [-0.3, -0.25) is 0 Å². The van der Waals surface area contributed by atoms with Crippen LogP contribution in [0.5, 0.6) is 0 Å². The van der Waals surface area contributed by atoms with Crippen molar-refractivity contribution in [1.29, 1.82) is 0 Å². The Hall–Kier alpha value is -0.955. The Labute approximate surface area is 113 Å². The van der Waals surface area contributed by atoms with E-state index in [0.717, 1.165) is 6.54 Å². The van der Waals surface area contributed by atoms with Crippen molar-refractivity contribution in [3.8, 4) is 0 Å². The molecule has 0 amide bonds. The lowest BCUT2D eigenvalue weighted by Crippen LogP contribution is -2.51. The van der Waals surface area contributed by atoms with E-state index in [-0.39, 0.29) is 0 Å². The minimum absolute atomic E-state index is 0.436. The topological polar surface area (TPSA) is 6.48 Å². The van der Waals surface area contributed by atoms with Gasteiger partial charge in [-0.05, 0) is 38.3 Å². The van der Waals surface area contributed by atoms with Crippen LogP contribution in [0.4, 0.5) is 0 Å². The molecule has 1 rings (SSSR count). The zero-order valence-corrected chi connectivity index (χ0v) is 12.8. The fourth-order valence-electron chi connectivity index (χ4n) is 2.98. The minimum Gasteiger partial charge on any atom is -0.352 e. The van der Waals surface area contributed by atoms with Gasteiger partial charge in [-0.2, -0.15) is 0 Å². The van der Waals surface area contributed by atoms with Gasteiger partial charge in [0.15, 0.2) is 0 Å². The first kappa shape index (κ1) is 15.1. The second-order valence-electron chi connectivity index (χ2n) is 5.77. The molecule has 0 aromatic heterocycles. The van der Waals surface area contributed by atoms with Gasteiger partial charge < -0.3 is 9.71 Å². The fraction of sp³-hybridized carbons (Fsp3) is 0.600. The van der Waals surface area contributed by atoms with Crippen LogP contribution in [0.15, 0.2) is 36.0 Å². The van der Waals surface area contributed by atoms with E-state index in [1.54, 1.807) is 0 Å². The summed E-state index contributed by atoms with van der Waals surface area (Å²) in [5.41, 5.74) is 2.83. The van der Waals surface area contributed by atoms with Gasteiger partial charge in [0.05, 0.1) is 0 Å². The lowest BCUT2D eigenvalue weighted by molar-refractivity contribution is 0.305. The monoisotopic (exact) mass is 246 g/mol. The van der Waals surface area contributed by atoms with Crippen LogP contribution in [0, 0.1) is 0 Å². The number of nitrogens with zero attached hydrogens (tertiary/aromatic N) is 2. The molecule has 1 heterocycles. The smallest absolute Gasteiger partial charge is 0.286 e. The van der Waals surface area contributed by atoms with Gasteiger partial charge in [0.25, 0.3) is 6.85 Å². The maximum Gasteiger partial charge on any atom is 0.286 e. The van der Waals surface area contributed by atoms with Crippen LogP contribution in [-0.2, 0) is 0 Å². The highest BCUT2D eigenvalue weighted by atomic mass is 15.1. The average molecular weight is 246 g/mol. The summed E-state index contributed by atoms with van der Waals surface area (Å²) < 4.78 is 0. The highest BCUT2D eigenvalue weighted by Gasteiger charge is 2.32. The molecule has 0 unspecified atom stereocenters. The molecule has 0 aromatic rings. The summed E-state index contributed by atoms with van der Waals surface area (Å²) in [5, 5.41) is 0. The van der Waals surface area contributed by atoms with Crippen LogP contribution in [0.1, 0.15) is 41.5 Å². The van der Waals surface area contributed by atoms with Gasteiger partial charge in [-0.15, -0.1) is 6.58 Å². The third-order valence-electron chi connectivity index (χ3n) is 3.43.